The molecule has 0 radical (unpaired) electrons. The quantitative estimate of drug-likeness (QED) is 0.654. The summed E-state index contributed by atoms with van der Waals surface area (Å²) in [6.07, 6.45) is 1.64. The molecule has 1 fully saturated rings. The lowest BCUT2D eigenvalue weighted by atomic mass is 9.95. The molecule has 0 saturated heterocycles. The number of hydrogen-bond donors (Lipinski definition) is 2. The van der Waals surface area contributed by atoms with Crippen LogP contribution in [0.2, 0.25) is 5.02 Å². The zero-order valence-electron chi connectivity index (χ0n) is 13.1. The largest absolute Gasteiger partial charge is 0.292 e. The van der Waals surface area contributed by atoms with Crippen LogP contribution in [0, 0.1) is 0 Å². The molecule has 2 N–H and O–H groups in total. The molecule has 1 aromatic heterocycles. The molecular formula is C18H14BrClN4O. The van der Waals surface area contributed by atoms with E-state index in [9.17, 15) is 4.79 Å². The third kappa shape index (κ3) is 3.07. The molecular weight excluding hydrogens is 404 g/mol. The highest BCUT2D eigenvalue weighted by Crippen LogP contribution is 2.49. The molecule has 126 valence electrons. The van der Waals surface area contributed by atoms with Crippen LogP contribution in [-0.4, -0.2) is 21.1 Å². The molecule has 1 amide bonds. The number of H-pyrrole nitrogens is 1. The van der Waals surface area contributed by atoms with Crippen LogP contribution in [0.3, 0.4) is 0 Å². The number of aromatic amines is 1. The Labute approximate surface area is 157 Å². The number of amides is 1. The van der Waals surface area contributed by atoms with Gasteiger partial charge in [0.05, 0.1) is 10.4 Å². The molecule has 4 rings (SSSR count). The Morgan fingerprint density at radius 2 is 1.88 bits per heavy atom. The van der Waals surface area contributed by atoms with E-state index in [1.807, 2.05) is 42.5 Å². The molecule has 0 bridgehead atoms. The second-order valence-electron chi connectivity index (χ2n) is 6.03. The predicted octanol–water partition coefficient (Wildman–Crippen LogP) is 4.56. The van der Waals surface area contributed by atoms with E-state index in [1.165, 1.54) is 0 Å². The van der Waals surface area contributed by atoms with Crippen LogP contribution in [0.25, 0.3) is 11.4 Å². The van der Waals surface area contributed by atoms with Gasteiger partial charge in [-0.3, -0.25) is 15.2 Å². The maximum absolute atomic E-state index is 12.8. The Hall–Kier alpha value is -2.18. The molecule has 2 aromatic carbocycles. The van der Waals surface area contributed by atoms with E-state index >= 15 is 0 Å². The van der Waals surface area contributed by atoms with Gasteiger partial charge in [-0.2, -0.15) is 4.98 Å². The Kier molecular flexibility index (Phi) is 4.09. The zero-order chi connectivity index (χ0) is 17.4. The molecule has 5 nitrogen and oxygen atoms in total. The molecule has 1 aliphatic rings. The standard InChI is InChI=1S/C18H14BrClN4O/c19-12-7-5-11(6-8-12)18(9-10-18)16(25)22-17-21-15(23-24-17)13-3-1-2-4-14(13)20/h1-8H,9-10H2,(H2,21,22,23,24,25). The number of rotatable bonds is 4. The topological polar surface area (TPSA) is 70.7 Å². The fourth-order valence-electron chi connectivity index (χ4n) is 2.85. The molecule has 1 heterocycles. The van der Waals surface area contributed by atoms with E-state index in [4.69, 9.17) is 11.6 Å². The first-order chi connectivity index (χ1) is 12.1. The molecule has 1 saturated carbocycles. The summed E-state index contributed by atoms with van der Waals surface area (Å²) in [5.74, 6) is 0.692. The molecule has 0 spiro atoms. The minimum atomic E-state index is -0.480. The number of carbonyl (C=O) groups is 1. The number of benzene rings is 2. The number of halogens is 2. The summed E-state index contributed by atoms with van der Waals surface area (Å²) in [6, 6.07) is 15.2. The third-order valence-electron chi connectivity index (χ3n) is 4.42. The van der Waals surface area contributed by atoms with Gasteiger partial charge in [-0.05, 0) is 42.7 Å². The second-order valence-corrected chi connectivity index (χ2v) is 7.35. The molecule has 0 unspecified atom stereocenters. The van der Waals surface area contributed by atoms with Gasteiger partial charge in [0.25, 0.3) is 0 Å². The van der Waals surface area contributed by atoms with Gasteiger partial charge in [-0.25, -0.2) is 0 Å². The first-order valence-electron chi connectivity index (χ1n) is 7.83. The van der Waals surface area contributed by atoms with E-state index in [0.29, 0.717) is 10.8 Å². The molecule has 0 aliphatic heterocycles. The minimum absolute atomic E-state index is 0.0838. The van der Waals surface area contributed by atoms with Crippen molar-refractivity contribution in [3.8, 4) is 11.4 Å². The van der Waals surface area contributed by atoms with Crippen molar-refractivity contribution in [1.82, 2.24) is 15.2 Å². The monoisotopic (exact) mass is 416 g/mol. The van der Waals surface area contributed by atoms with E-state index in [2.05, 4.69) is 36.4 Å². The Morgan fingerprint density at radius 3 is 2.56 bits per heavy atom. The van der Waals surface area contributed by atoms with Crippen LogP contribution in [0.15, 0.2) is 53.0 Å². The van der Waals surface area contributed by atoms with E-state index < -0.39 is 5.41 Å². The smallest absolute Gasteiger partial charge is 0.249 e. The minimum Gasteiger partial charge on any atom is -0.292 e. The van der Waals surface area contributed by atoms with Crippen molar-refractivity contribution in [2.24, 2.45) is 0 Å². The first kappa shape index (κ1) is 16.3. The maximum atomic E-state index is 12.8. The van der Waals surface area contributed by atoms with Crippen molar-refractivity contribution in [3.63, 3.8) is 0 Å². The summed E-state index contributed by atoms with van der Waals surface area (Å²) in [4.78, 5) is 17.1. The van der Waals surface area contributed by atoms with Gasteiger partial charge < -0.3 is 0 Å². The third-order valence-corrected chi connectivity index (χ3v) is 5.28. The van der Waals surface area contributed by atoms with Crippen molar-refractivity contribution < 1.29 is 4.79 Å². The van der Waals surface area contributed by atoms with Crippen molar-refractivity contribution in [3.05, 3.63) is 63.6 Å². The van der Waals surface area contributed by atoms with Gasteiger partial charge in [0, 0.05) is 10.0 Å². The highest BCUT2D eigenvalue weighted by Gasteiger charge is 2.51. The summed E-state index contributed by atoms with van der Waals surface area (Å²) in [7, 11) is 0. The Morgan fingerprint density at radius 1 is 1.16 bits per heavy atom. The number of carbonyl (C=O) groups excluding carboxylic acids is 1. The van der Waals surface area contributed by atoms with Gasteiger partial charge in [0.1, 0.15) is 0 Å². The fraction of sp³-hybridized carbons (Fsp3) is 0.167. The van der Waals surface area contributed by atoms with Crippen LogP contribution < -0.4 is 5.32 Å². The lowest BCUT2D eigenvalue weighted by molar-refractivity contribution is -0.118. The SMILES string of the molecule is O=C(Nc1n[nH]c(-c2ccccc2Cl)n1)C1(c2ccc(Br)cc2)CC1. The number of nitrogens with zero attached hydrogens (tertiary/aromatic N) is 2. The van der Waals surface area contributed by atoms with Gasteiger partial charge in [0.15, 0.2) is 5.82 Å². The summed E-state index contributed by atoms with van der Waals surface area (Å²) in [6.45, 7) is 0. The van der Waals surface area contributed by atoms with Gasteiger partial charge in [-0.15, -0.1) is 5.10 Å². The van der Waals surface area contributed by atoms with Crippen LogP contribution in [-0.2, 0) is 10.2 Å². The maximum Gasteiger partial charge on any atom is 0.249 e. The molecule has 7 heteroatoms. The average molecular weight is 418 g/mol. The lowest BCUT2D eigenvalue weighted by Gasteiger charge is -2.14. The summed E-state index contributed by atoms with van der Waals surface area (Å²) < 4.78 is 0.991. The zero-order valence-corrected chi connectivity index (χ0v) is 15.4. The van der Waals surface area contributed by atoms with Crippen LogP contribution in [0.1, 0.15) is 18.4 Å². The number of aromatic nitrogens is 3. The van der Waals surface area contributed by atoms with Crippen molar-refractivity contribution >= 4 is 39.4 Å². The predicted molar refractivity (Wildman–Crippen MR) is 101 cm³/mol. The van der Waals surface area contributed by atoms with Crippen LogP contribution in [0.4, 0.5) is 5.95 Å². The molecule has 3 aromatic rings. The Balaban J connectivity index is 1.54. The van der Waals surface area contributed by atoms with Crippen LogP contribution in [0.5, 0.6) is 0 Å². The van der Waals surface area contributed by atoms with E-state index in [0.717, 1.165) is 28.4 Å². The van der Waals surface area contributed by atoms with Crippen molar-refractivity contribution in [1.29, 1.82) is 0 Å². The van der Waals surface area contributed by atoms with Crippen molar-refractivity contribution in [2.45, 2.75) is 18.3 Å². The molecule has 25 heavy (non-hydrogen) atoms. The molecule has 1 aliphatic carbocycles. The lowest BCUT2D eigenvalue weighted by Crippen LogP contribution is -2.28. The highest BCUT2D eigenvalue weighted by molar-refractivity contribution is 9.10. The molecule has 0 atom stereocenters. The fourth-order valence-corrected chi connectivity index (χ4v) is 3.34. The van der Waals surface area contributed by atoms with Crippen molar-refractivity contribution in [2.75, 3.05) is 5.32 Å². The average Bonchev–Trinajstić information content (AvgIpc) is 3.30. The number of hydrogen-bond acceptors (Lipinski definition) is 3. The van der Waals surface area contributed by atoms with E-state index in [1.54, 1.807) is 6.07 Å². The summed E-state index contributed by atoms with van der Waals surface area (Å²) >= 11 is 9.59. The van der Waals surface area contributed by atoms with Crippen LogP contribution >= 0.6 is 27.5 Å². The number of nitrogens with one attached hydrogen (secondary N) is 2. The summed E-state index contributed by atoms with van der Waals surface area (Å²) in [5, 5.41) is 10.3. The highest BCUT2D eigenvalue weighted by atomic mass is 79.9. The number of anilines is 1. The first-order valence-corrected chi connectivity index (χ1v) is 9.00. The Bertz CT molecular complexity index is 934. The van der Waals surface area contributed by atoms with E-state index in [-0.39, 0.29) is 11.9 Å². The summed E-state index contributed by atoms with van der Waals surface area (Å²) in [5.41, 5.74) is 1.27. The van der Waals surface area contributed by atoms with Gasteiger partial charge in [0.2, 0.25) is 11.9 Å². The van der Waals surface area contributed by atoms with Gasteiger partial charge in [-0.1, -0.05) is 51.8 Å². The second kappa shape index (κ2) is 6.28. The van der Waals surface area contributed by atoms with Gasteiger partial charge >= 0.3 is 0 Å². The normalized spacial score (nSPS) is 15.0.